The Balaban J connectivity index is 1.94. The number of carbonyl (C=O) groups is 1. The van der Waals surface area contributed by atoms with Crippen molar-refractivity contribution in [2.24, 2.45) is 0 Å². The van der Waals surface area contributed by atoms with Crippen LogP contribution in [0, 0.1) is 13.8 Å². The van der Waals surface area contributed by atoms with Gasteiger partial charge in [-0.1, -0.05) is 17.7 Å². The van der Waals surface area contributed by atoms with E-state index in [1.54, 1.807) is 13.8 Å². The maximum absolute atomic E-state index is 11.9. The lowest BCUT2D eigenvalue weighted by molar-refractivity contribution is -0.122. The first-order chi connectivity index (χ1) is 9.04. The molecule has 0 saturated carbocycles. The second-order valence-electron chi connectivity index (χ2n) is 4.31. The van der Waals surface area contributed by atoms with Gasteiger partial charge in [0.1, 0.15) is 11.6 Å². The van der Waals surface area contributed by atoms with Crippen molar-refractivity contribution in [2.75, 3.05) is 5.32 Å². The van der Waals surface area contributed by atoms with Crippen LogP contribution in [0.2, 0.25) is 0 Å². The van der Waals surface area contributed by atoms with Crippen molar-refractivity contribution in [1.82, 2.24) is 15.2 Å². The SMILES string of the molecule is Cc1ccc(OC(C)C(=O)Nc2n[nH]c(C)n2)cc1. The van der Waals surface area contributed by atoms with Crippen LogP contribution < -0.4 is 10.1 Å². The highest BCUT2D eigenvalue weighted by Crippen LogP contribution is 2.13. The number of aryl methyl sites for hydroxylation is 2. The van der Waals surface area contributed by atoms with E-state index in [1.807, 2.05) is 31.2 Å². The highest BCUT2D eigenvalue weighted by atomic mass is 16.5. The smallest absolute Gasteiger partial charge is 0.267 e. The number of aromatic nitrogens is 3. The second kappa shape index (κ2) is 5.51. The van der Waals surface area contributed by atoms with Crippen LogP contribution >= 0.6 is 0 Å². The standard InChI is InChI=1S/C13H16N4O2/c1-8-4-6-11(7-5-8)19-9(2)12(18)15-13-14-10(3)16-17-13/h4-7,9H,1-3H3,(H2,14,15,16,17,18). The normalized spacial score (nSPS) is 11.9. The van der Waals surface area contributed by atoms with Crippen LogP contribution in [-0.4, -0.2) is 27.2 Å². The van der Waals surface area contributed by atoms with Crippen molar-refractivity contribution >= 4 is 11.9 Å². The summed E-state index contributed by atoms with van der Waals surface area (Å²) in [6.07, 6.45) is -0.624. The van der Waals surface area contributed by atoms with Crippen LogP contribution in [0.3, 0.4) is 0 Å². The molecule has 2 aromatic rings. The first-order valence-electron chi connectivity index (χ1n) is 5.98. The van der Waals surface area contributed by atoms with Crippen molar-refractivity contribution in [3.8, 4) is 5.75 Å². The monoisotopic (exact) mass is 260 g/mol. The third kappa shape index (κ3) is 3.54. The van der Waals surface area contributed by atoms with Gasteiger partial charge in [-0.15, -0.1) is 5.10 Å². The third-order valence-electron chi connectivity index (χ3n) is 2.54. The average molecular weight is 260 g/mol. The minimum Gasteiger partial charge on any atom is -0.481 e. The van der Waals surface area contributed by atoms with Gasteiger partial charge in [0.05, 0.1) is 0 Å². The number of nitrogens with zero attached hydrogens (tertiary/aromatic N) is 2. The number of hydrogen-bond acceptors (Lipinski definition) is 4. The van der Waals surface area contributed by atoms with E-state index in [9.17, 15) is 4.79 Å². The number of rotatable bonds is 4. The minimum absolute atomic E-state index is 0.252. The van der Waals surface area contributed by atoms with Gasteiger partial charge in [0.15, 0.2) is 6.10 Å². The number of benzene rings is 1. The van der Waals surface area contributed by atoms with Crippen molar-refractivity contribution in [3.63, 3.8) is 0 Å². The molecule has 0 fully saturated rings. The summed E-state index contributed by atoms with van der Waals surface area (Å²) < 4.78 is 5.53. The van der Waals surface area contributed by atoms with Gasteiger partial charge in [-0.3, -0.25) is 15.2 Å². The second-order valence-corrected chi connectivity index (χ2v) is 4.31. The number of nitrogens with one attached hydrogen (secondary N) is 2. The number of aromatic amines is 1. The van der Waals surface area contributed by atoms with Gasteiger partial charge < -0.3 is 4.74 Å². The Kier molecular flexibility index (Phi) is 3.79. The van der Waals surface area contributed by atoms with Gasteiger partial charge in [-0.25, -0.2) is 0 Å². The molecule has 1 amide bonds. The Morgan fingerprint density at radius 1 is 1.32 bits per heavy atom. The van der Waals surface area contributed by atoms with Crippen LogP contribution in [0.1, 0.15) is 18.3 Å². The number of hydrogen-bond donors (Lipinski definition) is 2. The molecule has 1 aromatic carbocycles. The zero-order valence-electron chi connectivity index (χ0n) is 11.1. The molecule has 6 heteroatoms. The number of carbonyl (C=O) groups excluding carboxylic acids is 1. The van der Waals surface area contributed by atoms with Crippen molar-refractivity contribution in [3.05, 3.63) is 35.7 Å². The third-order valence-corrected chi connectivity index (χ3v) is 2.54. The Hall–Kier alpha value is -2.37. The summed E-state index contributed by atoms with van der Waals surface area (Å²) >= 11 is 0. The van der Waals surface area contributed by atoms with Gasteiger partial charge >= 0.3 is 0 Å². The molecule has 0 saturated heterocycles. The van der Waals surface area contributed by atoms with Crippen LogP contribution in [0.15, 0.2) is 24.3 Å². The zero-order valence-corrected chi connectivity index (χ0v) is 11.1. The molecule has 100 valence electrons. The van der Waals surface area contributed by atoms with Gasteiger partial charge in [0.25, 0.3) is 5.91 Å². The minimum atomic E-state index is -0.624. The van der Waals surface area contributed by atoms with Gasteiger partial charge in [0.2, 0.25) is 5.95 Å². The van der Waals surface area contributed by atoms with E-state index in [-0.39, 0.29) is 11.9 Å². The maximum Gasteiger partial charge on any atom is 0.267 e. The fraction of sp³-hybridized carbons (Fsp3) is 0.308. The molecule has 0 aliphatic heterocycles. The lowest BCUT2D eigenvalue weighted by Gasteiger charge is -2.13. The van der Waals surface area contributed by atoms with Gasteiger partial charge in [-0.05, 0) is 32.9 Å². The quantitative estimate of drug-likeness (QED) is 0.878. The molecule has 0 aliphatic rings. The number of anilines is 1. The fourth-order valence-corrected chi connectivity index (χ4v) is 1.48. The number of amides is 1. The summed E-state index contributed by atoms with van der Waals surface area (Å²) in [6.45, 7) is 5.43. The molecule has 1 heterocycles. The van der Waals surface area contributed by atoms with E-state index < -0.39 is 6.10 Å². The molecule has 2 rings (SSSR count). The van der Waals surface area contributed by atoms with E-state index in [0.29, 0.717) is 11.6 Å². The topological polar surface area (TPSA) is 79.9 Å². The van der Waals surface area contributed by atoms with Crippen LogP contribution in [0.25, 0.3) is 0 Å². The fourth-order valence-electron chi connectivity index (χ4n) is 1.48. The first-order valence-corrected chi connectivity index (χ1v) is 5.98. The molecule has 0 radical (unpaired) electrons. The molecule has 19 heavy (non-hydrogen) atoms. The van der Waals surface area contributed by atoms with Crippen molar-refractivity contribution < 1.29 is 9.53 Å². The first kappa shape index (κ1) is 13.1. The van der Waals surface area contributed by atoms with Crippen LogP contribution in [0.4, 0.5) is 5.95 Å². The molecule has 1 atom stereocenters. The van der Waals surface area contributed by atoms with E-state index in [0.717, 1.165) is 5.56 Å². The molecule has 1 unspecified atom stereocenters. The predicted molar refractivity (Wildman–Crippen MR) is 71.0 cm³/mol. The zero-order chi connectivity index (χ0) is 13.8. The summed E-state index contributed by atoms with van der Waals surface area (Å²) in [7, 11) is 0. The average Bonchev–Trinajstić information content (AvgIpc) is 2.77. The highest BCUT2D eigenvalue weighted by molar-refractivity contribution is 5.92. The molecule has 2 N–H and O–H groups in total. The Morgan fingerprint density at radius 3 is 2.58 bits per heavy atom. The molecule has 6 nitrogen and oxygen atoms in total. The largest absolute Gasteiger partial charge is 0.481 e. The maximum atomic E-state index is 11.9. The Morgan fingerprint density at radius 2 is 2.00 bits per heavy atom. The Labute approximate surface area is 111 Å². The van der Waals surface area contributed by atoms with Crippen molar-refractivity contribution in [2.45, 2.75) is 26.9 Å². The lowest BCUT2D eigenvalue weighted by Crippen LogP contribution is -2.30. The molecule has 0 bridgehead atoms. The summed E-state index contributed by atoms with van der Waals surface area (Å²) in [5.74, 6) is 1.25. The van der Waals surface area contributed by atoms with Gasteiger partial charge in [0, 0.05) is 0 Å². The molecule has 0 aliphatic carbocycles. The molecule has 0 spiro atoms. The summed E-state index contributed by atoms with van der Waals surface area (Å²) in [4.78, 5) is 15.9. The van der Waals surface area contributed by atoms with E-state index in [4.69, 9.17) is 4.74 Å². The van der Waals surface area contributed by atoms with E-state index in [2.05, 4.69) is 20.5 Å². The molecular formula is C13H16N4O2. The van der Waals surface area contributed by atoms with Crippen LogP contribution in [-0.2, 0) is 4.79 Å². The van der Waals surface area contributed by atoms with E-state index >= 15 is 0 Å². The summed E-state index contributed by atoms with van der Waals surface area (Å²) in [5.41, 5.74) is 1.14. The number of H-pyrrole nitrogens is 1. The van der Waals surface area contributed by atoms with Crippen LogP contribution in [0.5, 0.6) is 5.75 Å². The molecular weight excluding hydrogens is 244 g/mol. The number of ether oxygens (including phenoxy) is 1. The summed E-state index contributed by atoms with van der Waals surface area (Å²) in [6, 6.07) is 7.52. The summed E-state index contributed by atoms with van der Waals surface area (Å²) in [5, 5.41) is 9.06. The highest BCUT2D eigenvalue weighted by Gasteiger charge is 2.16. The Bertz CT molecular complexity index is 562. The van der Waals surface area contributed by atoms with Crippen molar-refractivity contribution in [1.29, 1.82) is 0 Å². The lowest BCUT2D eigenvalue weighted by atomic mass is 10.2. The van der Waals surface area contributed by atoms with E-state index in [1.165, 1.54) is 0 Å². The molecule has 1 aromatic heterocycles. The van der Waals surface area contributed by atoms with Gasteiger partial charge in [-0.2, -0.15) is 4.98 Å². The predicted octanol–water partition coefficient (Wildman–Crippen LogP) is 1.83.